The second-order valence-electron chi connectivity index (χ2n) is 6.02. The third-order valence-corrected chi connectivity index (χ3v) is 4.46. The zero-order valence-electron chi connectivity index (χ0n) is 13.0. The molecule has 2 aromatic rings. The van der Waals surface area contributed by atoms with Crippen molar-refractivity contribution in [2.45, 2.75) is 31.0 Å². The number of carbonyl (C=O) groups is 1. The summed E-state index contributed by atoms with van der Waals surface area (Å²) in [7, 11) is 0. The van der Waals surface area contributed by atoms with Gasteiger partial charge in [-0.2, -0.15) is 0 Å². The number of Topliss-reactive ketones (excluding diaryl/α,β-unsaturated/α-hetero) is 1. The van der Waals surface area contributed by atoms with Crippen LogP contribution in [0, 0.1) is 0 Å². The third-order valence-electron chi connectivity index (χ3n) is 4.46. The Labute approximate surface area is 136 Å². The molecular weight excluding hydrogens is 286 g/mol. The molecule has 1 aliphatic rings. The van der Waals surface area contributed by atoms with E-state index in [2.05, 4.69) is 11.9 Å². The van der Waals surface area contributed by atoms with Crippen LogP contribution in [-0.4, -0.2) is 16.9 Å². The minimum absolute atomic E-state index is 0.0176. The van der Waals surface area contributed by atoms with Crippen LogP contribution in [0.1, 0.15) is 23.1 Å². The fourth-order valence-electron chi connectivity index (χ4n) is 3.35. The van der Waals surface area contributed by atoms with Crippen molar-refractivity contribution in [3.05, 3.63) is 83.9 Å². The first-order valence-electron chi connectivity index (χ1n) is 7.87. The van der Waals surface area contributed by atoms with Crippen molar-refractivity contribution in [3.63, 3.8) is 0 Å². The maximum absolute atomic E-state index is 12.6. The summed E-state index contributed by atoms with van der Waals surface area (Å²) in [6.07, 6.45) is 2.36. The quantitative estimate of drug-likeness (QED) is 0.835. The average Bonchev–Trinajstić information content (AvgIpc) is 2.56. The Balaban J connectivity index is 1.91. The van der Waals surface area contributed by atoms with Gasteiger partial charge < -0.3 is 10.4 Å². The molecule has 0 saturated carbocycles. The van der Waals surface area contributed by atoms with Gasteiger partial charge in [0.1, 0.15) is 11.6 Å². The van der Waals surface area contributed by atoms with Crippen LogP contribution in [0.3, 0.4) is 0 Å². The lowest BCUT2D eigenvalue weighted by molar-refractivity contribution is -0.130. The van der Waals surface area contributed by atoms with Crippen molar-refractivity contribution < 1.29 is 9.90 Å². The standard InChI is InChI=1S/C20H21NO2/c1-2-12-20(23)17-11-7-6-10-16(17)13-18(22)19(20)21-14-15-8-4-3-5-9-15/h2-11,19,21,23H,1,12-14H2. The number of hydrogen-bond donors (Lipinski definition) is 2. The maximum Gasteiger partial charge on any atom is 0.157 e. The van der Waals surface area contributed by atoms with Crippen LogP contribution in [0.2, 0.25) is 0 Å². The summed E-state index contributed by atoms with van der Waals surface area (Å²) in [6.45, 7) is 4.29. The fraction of sp³-hybridized carbons (Fsp3) is 0.250. The number of benzene rings is 2. The number of hydrogen-bond acceptors (Lipinski definition) is 3. The Morgan fingerprint density at radius 1 is 1.17 bits per heavy atom. The highest BCUT2D eigenvalue weighted by atomic mass is 16.3. The molecule has 2 unspecified atom stereocenters. The summed E-state index contributed by atoms with van der Waals surface area (Å²) < 4.78 is 0. The Morgan fingerprint density at radius 3 is 2.61 bits per heavy atom. The number of fused-ring (bicyclic) bond motifs is 1. The van der Waals surface area contributed by atoms with E-state index < -0.39 is 11.6 Å². The highest BCUT2D eigenvalue weighted by molar-refractivity contribution is 5.90. The lowest BCUT2D eigenvalue weighted by Crippen LogP contribution is -2.56. The van der Waals surface area contributed by atoms with Gasteiger partial charge >= 0.3 is 0 Å². The zero-order chi connectivity index (χ0) is 16.3. The van der Waals surface area contributed by atoms with Gasteiger partial charge in [0, 0.05) is 19.4 Å². The highest BCUT2D eigenvalue weighted by Gasteiger charge is 2.46. The van der Waals surface area contributed by atoms with E-state index in [0.29, 0.717) is 19.4 Å². The molecule has 1 aliphatic carbocycles. The Kier molecular flexibility index (Phi) is 4.42. The monoisotopic (exact) mass is 307 g/mol. The van der Waals surface area contributed by atoms with Crippen molar-refractivity contribution >= 4 is 5.78 Å². The molecule has 3 heteroatoms. The normalized spacial score (nSPS) is 23.3. The predicted molar refractivity (Wildman–Crippen MR) is 90.9 cm³/mol. The minimum Gasteiger partial charge on any atom is -0.383 e. The highest BCUT2D eigenvalue weighted by Crippen LogP contribution is 2.37. The second-order valence-corrected chi connectivity index (χ2v) is 6.02. The molecule has 0 spiro atoms. The Morgan fingerprint density at radius 2 is 1.87 bits per heavy atom. The van der Waals surface area contributed by atoms with Gasteiger partial charge in [-0.1, -0.05) is 60.7 Å². The van der Waals surface area contributed by atoms with Gasteiger partial charge in [-0.15, -0.1) is 6.58 Å². The summed E-state index contributed by atoms with van der Waals surface area (Å²) in [5.74, 6) is 0.0176. The molecule has 0 heterocycles. The molecule has 118 valence electrons. The van der Waals surface area contributed by atoms with E-state index in [4.69, 9.17) is 0 Å². The summed E-state index contributed by atoms with van der Waals surface area (Å²) in [5.41, 5.74) is 1.56. The van der Waals surface area contributed by atoms with E-state index in [1.807, 2.05) is 54.6 Å². The van der Waals surface area contributed by atoms with E-state index >= 15 is 0 Å². The first-order chi connectivity index (χ1) is 11.1. The van der Waals surface area contributed by atoms with Gasteiger partial charge in [-0.25, -0.2) is 0 Å². The average molecular weight is 307 g/mol. The lowest BCUT2D eigenvalue weighted by Gasteiger charge is -2.40. The van der Waals surface area contributed by atoms with Gasteiger partial charge in [0.05, 0.1) is 0 Å². The van der Waals surface area contributed by atoms with Crippen LogP contribution in [0.5, 0.6) is 0 Å². The zero-order valence-corrected chi connectivity index (χ0v) is 13.0. The molecular formula is C20H21NO2. The van der Waals surface area contributed by atoms with E-state index in [1.54, 1.807) is 6.08 Å². The predicted octanol–water partition coefficient (Wildman–Crippen LogP) is 2.73. The molecule has 0 aliphatic heterocycles. The van der Waals surface area contributed by atoms with Crippen LogP contribution >= 0.6 is 0 Å². The van der Waals surface area contributed by atoms with Crippen LogP contribution in [0.15, 0.2) is 67.3 Å². The third kappa shape index (κ3) is 2.98. The SMILES string of the molecule is C=CCC1(O)c2ccccc2CC(=O)C1NCc1ccccc1. The molecule has 0 bridgehead atoms. The van der Waals surface area contributed by atoms with Crippen LogP contribution in [0.25, 0.3) is 0 Å². The van der Waals surface area contributed by atoms with E-state index in [-0.39, 0.29) is 5.78 Å². The summed E-state index contributed by atoms with van der Waals surface area (Å²) in [4.78, 5) is 12.6. The topological polar surface area (TPSA) is 49.3 Å². The molecule has 0 amide bonds. The van der Waals surface area contributed by atoms with Crippen LogP contribution in [0.4, 0.5) is 0 Å². The molecule has 3 nitrogen and oxygen atoms in total. The van der Waals surface area contributed by atoms with Gasteiger partial charge in [0.25, 0.3) is 0 Å². The first kappa shape index (κ1) is 15.7. The number of nitrogens with one attached hydrogen (secondary N) is 1. The van der Waals surface area contributed by atoms with Crippen LogP contribution < -0.4 is 5.32 Å². The second kappa shape index (κ2) is 6.49. The molecule has 0 saturated heterocycles. The summed E-state index contributed by atoms with van der Waals surface area (Å²) in [6, 6.07) is 16.9. The fourth-order valence-corrected chi connectivity index (χ4v) is 3.35. The van der Waals surface area contributed by atoms with Gasteiger partial charge in [0.2, 0.25) is 0 Å². The van der Waals surface area contributed by atoms with E-state index in [1.165, 1.54) is 0 Å². The number of ketones is 1. The maximum atomic E-state index is 12.6. The molecule has 0 fully saturated rings. The van der Waals surface area contributed by atoms with Crippen molar-refractivity contribution in [2.24, 2.45) is 0 Å². The van der Waals surface area contributed by atoms with Crippen molar-refractivity contribution in [3.8, 4) is 0 Å². The molecule has 2 aromatic carbocycles. The minimum atomic E-state index is -1.25. The van der Waals surface area contributed by atoms with E-state index in [9.17, 15) is 9.90 Å². The molecule has 0 aromatic heterocycles. The molecule has 2 atom stereocenters. The molecule has 0 radical (unpaired) electrons. The Hall–Kier alpha value is -2.23. The van der Waals surface area contributed by atoms with E-state index in [0.717, 1.165) is 16.7 Å². The van der Waals surface area contributed by atoms with Crippen molar-refractivity contribution in [1.29, 1.82) is 0 Å². The first-order valence-corrected chi connectivity index (χ1v) is 7.87. The number of rotatable bonds is 5. The summed E-state index contributed by atoms with van der Waals surface area (Å²) >= 11 is 0. The number of carbonyl (C=O) groups excluding carboxylic acids is 1. The Bertz CT molecular complexity index is 711. The summed E-state index contributed by atoms with van der Waals surface area (Å²) in [5, 5.41) is 14.5. The largest absolute Gasteiger partial charge is 0.383 e. The van der Waals surface area contributed by atoms with Gasteiger partial charge in [0.15, 0.2) is 5.78 Å². The molecule has 23 heavy (non-hydrogen) atoms. The van der Waals surface area contributed by atoms with Crippen molar-refractivity contribution in [1.82, 2.24) is 5.32 Å². The molecule has 2 N–H and O–H groups in total. The molecule has 3 rings (SSSR count). The lowest BCUT2D eigenvalue weighted by atomic mass is 9.73. The van der Waals surface area contributed by atoms with Crippen molar-refractivity contribution in [2.75, 3.05) is 0 Å². The smallest absolute Gasteiger partial charge is 0.157 e. The van der Waals surface area contributed by atoms with Gasteiger partial charge in [-0.3, -0.25) is 4.79 Å². The van der Waals surface area contributed by atoms with Crippen LogP contribution in [-0.2, 0) is 23.4 Å². The van der Waals surface area contributed by atoms with Gasteiger partial charge in [-0.05, 0) is 16.7 Å². The number of aliphatic hydroxyl groups is 1.